The standard InChI is InChI=1S/C15H14BrF2NO/c1-19-15(14-11(17)4-3-5-12(14)18)10-8-9(16)6-7-13(10)20-2/h3-8,15,19H,1-2H3. The molecule has 2 nitrogen and oxygen atoms in total. The van der Waals surface area contributed by atoms with Crippen molar-refractivity contribution in [2.24, 2.45) is 0 Å². The Hall–Kier alpha value is -1.46. The first-order chi connectivity index (χ1) is 9.58. The monoisotopic (exact) mass is 341 g/mol. The molecule has 2 aromatic carbocycles. The van der Waals surface area contributed by atoms with Crippen molar-refractivity contribution in [3.05, 3.63) is 63.6 Å². The third kappa shape index (κ3) is 2.83. The van der Waals surface area contributed by atoms with Gasteiger partial charge in [0.15, 0.2) is 0 Å². The van der Waals surface area contributed by atoms with Crippen LogP contribution in [0.2, 0.25) is 0 Å². The predicted molar refractivity (Wildman–Crippen MR) is 78.0 cm³/mol. The average molecular weight is 342 g/mol. The molecule has 0 fully saturated rings. The number of nitrogens with one attached hydrogen (secondary N) is 1. The van der Waals surface area contributed by atoms with E-state index in [1.54, 1.807) is 19.2 Å². The molecule has 1 atom stereocenters. The van der Waals surface area contributed by atoms with Gasteiger partial charge < -0.3 is 10.1 Å². The van der Waals surface area contributed by atoms with Crippen LogP contribution >= 0.6 is 15.9 Å². The normalized spacial score (nSPS) is 12.2. The van der Waals surface area contributed by atoms with Crippen molar-refractivity contribution in [2.75, 3.05) is 14.2 Å². The number of rotatable bonds is 4. The Morgan fingerprint density at radius 3 is 2.35 bits per heavy atom. The van der Waals surface area contributed by atoms with E-state index in [4.69, 9.17) is 4.74 Å². The Labute approximate surface area is 124 Å². The summed E-state index contributed by atoms with van der Waals surface area (Å²) >= 11 is 3.36. The molecule has 0 aromatic heterocycles. The minimum absolute atomic E-state index is 0.0219. The molecule has 0 aliphatic rings. The fourth-order valence-electron chi connectivity index (χ4n) is 2.17. The van der Waals surface area contributed by atoms with E-state index >= 15 is 0 Å². The molecule has 1 unspecified atom stereocenters. The van der Waals surface area contributed by atoms with E-state index in [1.807, 2.05) is 6.07 Å². The Balaban J connectivity index is 2.61. The predicted octanol–water partition coefficient (Wildman–Crippen LogP) is 4.04. The highest BCUT2D eigenvalue weighted by molar-refractivity contribution is 9.10. The molecule has 20 heavy (non-hydrogen) atoms. The van der Waals surface area contributed by atoms with Crippen molar-refractivity contribution in [1.82, 2.24) is 5.32 Å². The molecule has 1 N–H and O–H groups in total. The summed E-state index contributed by atoms with van der Waals surface area (Å²) in [5, 5.41) is 2.94. The molecule has 0 aliphatic carbocycles. The number of hydrogen-bond donors (Lipinski definition) is 1. The fourth-order valence-corrected chi connectivity index (χ4v) is 2.55. The van der Waals surface area contributed by atoms with Gasteiger partial charge in [-0.3, -0.25) is 0 Å². The van der Waals surface area contributed by atoms with Gasteiger partial charge in [-0.15, -0.1) is 0 Å². The van der Waals surface area contributed by atoms with E-state index in [2.05, 4.69) is 21.2 Å². The molecule has 0 radical (unpaired) electrons. The van der Waals surface area contributed by atoms with Crippen LogP contribution in [0.3, 0.4) is 0 Å². The minimum atomic E-state index is -0.636. The largest absolute Gasteiger partial charge is 0.496 e. The second-order valence-corrected chi connectivity index (χ2v) is 5.16. The average Bonchev–Trinajstić information content (AvgIpc) is 2.43. The Kier molecular flexibility index (Phi) is 4.73. The van der Waals surface area contributed by atoms with Crippen molar-refractivity contribution in [1.29, 1.82) is 0 Å². The molecule has 0 bridgehead atoms. The van der Waals surface area contributed by atoms with Crippen LogP contribution in [0.1, 0.15) is 17.2 Å². The van der Waals surface area contributed by atoms with Crippen LogP contribution in [-0.2, 0) is 0 Å². The van der Waals surface area contributed by atoms with Gasteiger partial charge in [0, 0.05) is 15.6 Å². The molecular formula is C15H14BrF2NO. The molecule has 0 amide bonds. The summed E-state index contributed by atoms with van der Waals surface area (Å²) in [6.07, 6.45) is 0. The first-order valence-corrected chi connectivity index (χ1v) is 6.82. The number of methoxy groups -OCH3 is 1. The molecular weight excluding hydrogens is 328 g/mol. The van der Waals surface area contributed by atoms with Crippen molar-refractivity contribution in [3.63, 3.8) is 0 Å². The summed E-state index contributed by atoms with van der Waals surface area (Å²) < 4.78 is 34.0. The van der Waals surface area contributed by atoms with E-state index in [1.165, 1.54) is 25.3 Å². The molecule has 106 valence electrons. The van der Waals surface area contributed by atoms with Gasteiger partial charge in [-0.05, 0) is 37.4 Å². The zero-order chi connectivity index (χ0) is 14.7. The van der Waals surface area contributed by atoms with E-state index < -0.39 is 17.7 Å². The van der Waals surface area contributed by atoms with Crippen molar-refractivity contribution >= 4 is 15.9 Å². The highest BCUT2D eigenvalue weighted by Crippen LogP contribution is 2.34. The second-order valence-electron chi connectivity index (χ2n) is 4.24. The fraction of sp³-hybridized carbons (Fsp3) is 0.200. The molecule has 2 aromatic rings. The third-order valence-corrected chi connectivity index (χ3v) is 3.57. The van der Waals surface area contributed by atoms with Gasteiger partial charge >= 0.3 is 0 Å². The Morgan fingerprint density at radius 1 is 1.15 bits per heavy atom. The number of ether oxygens (including phenoxy) is 1. The van der Waals surface area contributed by atoms with E-state index in [-0.39, 0.29) is 5.56 Å². The third-order valence-electron chi connectivity index (χ3n) is 3.08. The van der Waals surface area contributed by atoms with Gasteiger partial charge in [-0.1, -0.05) is 22.0 Å². The lowest BCUT2D eigenvalue weighted by Crippen LogP contribution is -2.21. The number of hydrogen-bond acceptors (Lipinski definition) is 2. The maximum Gasteiger partial charge on any atom is 0.131 e. The lowest BCUT2D eigenvalue weighted by molar-refractivity contribution is 0.403. The molecule has 0 spiro atoms. The molecule has 5 heteroatoms. The van der Waals surface area contributed by atoms with E-state index in [0.717, 1.165) is 4.47 Å². The molecule has 0 saturated heterocycles. The van der Waals surface area contributed by atoms with Gasteiger partial charge in [0.05, 0.1) is 13.2 Å². The van der Waals surface area contributed by atoms with Crippen LogP contribution in [0.5, 0.6) is 5.75 Å². The van der Waals surface area contributed by atoms with Gasteiger partial charge in [0.25, 0.3) is 0 Å². The van der Waals surface area contributed by atoms with E-state index in [9.17, 15) is 8.78 Å². The quantitative estimate of drug-likeness (QED) is 0.905. The first kappa shape index (κ1) is 14.9. The van der Waals surface area contributed by atoms with Crippen LogP contribution in [0.25, 0.3) is 0 Å². The number of halogens is 3. The highest BCUT2D eigenvalue weighted by Gasteiger charge is 2.23. The second kappa shape index (κ2) is 6.33. The van der Waals surface area contributed by atoms with E-state index in [0.29, 0.717) is 11.3 Å². The maximum atomic E-state index is 14.0. The maximum absolute atomic E-state index is 14.0. The topological polar surface area (TPSA) is 21.3 Å². The lowest BCUT2D eigenvalue weighted by Gasteiger charge is -2.21. The van der Waals surface area contributed by atoms with Gasteiger partial charge in [0.2, 0.25) is 0 Å². The van der Waals surface area contributed by atoms with Gasteiger partial charge in [0.1, 0.15) is 17.4 Å². The van der Waals surface area contributed by atoms with Crippen LogP contribution < -0.4 is 10.1 Å². The van der Waals surface area contributed by atoms with Gasteiger partial charge in [-0.25, -0.2) is 8.78 Å². The Morgan fingerprint density at radius 2 is 1.80 bits per heavy atom. The van der Waals surface area contributed by atoms with Crippen LogP contribution in [0.4, 0.5) is 8.78 Å². The summed E-state index contributed by atoms with van der Waals surface area (Å²) in [6, 6.07) is 8.55. The van der Waals surface area contributed by atoms with Crippen LogP contribution in [0.15, 0.2) is 40.9 Å². The lowest BCUT2D eigenvalue weighted by atomic mass is 9.97. The first-order valence-electron chi connectivity index (χ1n) is 6.03. The molecule has 0 saturated carbocycles. The summed E-state index contributed by atoms with van der Waals surface area (Å²) in [7, 11) is 3.17. The summed E-state index contributed by atoms with van der Waals surface area (Å²) in [5.41, 5.74) is 0.639. The summed E-state index contributed by atoms with van der Waals surface area (Å²) in [4.78, 5) is 0. The Bertz CT molecular complexity index is 599. The zero-order valence-corrected chi connectivity index (χ0v) is 12.7. The van der Waals surface area contributed by atoms with Gasteiger partial charge in [-0.2, -0.15) is 0 Å². The molecule has 0 heterocycles. The smallest absolute Gasteiger partial charge is 0.131 e. The zero-order valence-electron chi connectivity index (χ0n) is 11.1. The highest BCUT2D eigenvalue weighted by atomic mass is 79.9. The van der Waals surface area contributed by atoms with Crippen LogP contribution in [-0.4, -0.2) is 14.2 Å². The minimum Gasteiger partial charge on any atom is -0.496 e. The summed E-state index contributed by atoms with van der Waals surface area (Å²) in [6.45, 7) is 0. The molecule has 0 aliphatic heterocycles. The number of benzene rings is 2. The van der Waals surface area contributed by atoms with Crippen molar-refractivity contribution in [2.45, 2.75) is 6.04 Å². The van der Waals surface area contributed by atoms with Crippen molar-refractivity contribution in [3.8, 4) is 5.75 Å². The summed E-state index contributed by atoms with van der Waals surface area (Å²) in [5.74, 6) is -0.618. The SMILES string of the molecule is CNC(c1cc(Br)ccc1OC)c1c(F)cccc1F. The van der Waals surface area contributed by atoms with Crippen LogP contribution in [0, 0.1) is 11.6 Å². The van der Waals surface area contributed by atoms with Crippen molar-refractivity contribution < 1.29 is 13.5 Å². The molecule has 2 rings (SSSR count).